The van der Waals surface area contributed by atoms with Gasteiger partial charge in [-0.15, -0.1) is 0 Å². The molecule has 1 aliphatic rings. The molecule has 1 unspecified atom stereocenters. The zero-order valence-electron chi connectivity index (χ0n) is 14.7. The van der Waals surface area contributed by atoms with Gasteiger partial charge in [0.05, 0.1) is 0 Å². The Bertz CT molecular complexity index is 214. The summed E-state index contributed by atoms with van der Waals surface area (Å²) in [4.78, 5) is 0. The Hall–Kier alpha value is -0.0800. The summed E-state index contributed by atoms with van der Waals surface area (Å²) in [5.74, 6) is 0.849. The van der Waals surface area contributed by atoms with E-state index >= 15 is 0 Å². The van der Waals surface area contributed by atoms with Crippen molar-refractivity contribution in [1.29, 1.82) is 0 Å². The van der Waals surface area contributed by atoms with E-state index in [-0.39, 0.29) is 0 Å². The second-order valence-electron chi connectivity index (χ2n) is 6.82. The van der Waals surface area contributed by atoms with Crippen LogP contribution in [0.25, 0.3) is 0 Å². The Balaban J connectivity index is 1.90. The van der Waals surface area contributed by atoms with Crippen LogP contribution in [-0.2, 0) is 4.74 Å². The molecule has 0 bridgehead atoms. The standard InChI is InChI=1S/C19H39NO/c1-3-4-5-6-7-8-9-10-11-12-13-19(20-2)18-14-16-21-17-15-18/h18-20H,3-17H2,1-2H3. The molecule has 0 aliphatic carbocycles. The van der Waals surface area contributed by atoms with Gasteiger partial charge < -0.3 is 10.1 Å². The highest BCUT2D eigenvalue weighted by Crippen LogP contribution is 2.22. The maximum atomic E-state index is 5.47. The summed E-state index contributed by atoms with van der Waals surface area (Å²) in [6.07, 6.45) is 18.2. The molecule has 1 fully saturated rings. The predicted octanol–water partition coefficient (Wildman–Crippen LogP) is 5.31. The molecule has 1 aliphatic heterocycles. The van der Waals surface area contributed by atoms with Gasteiger partial charge in [0.2, 0.25) is 0 Å². The van der Waals surface area contributed by atoms with Crippen LogP contribution in [-0.4, -0.2) is 26.3 Å². The van der Waals surface area contributed by atoms with Gasteiger partial charge in [-0.3, -0.25) is 0 Å². The molecular formula is C19H39NO. The molecule has 1 saturated heterocycles. The molecule has 0 aromatic rings. The average Bonchev–Trinajstić information content (AvgIpc) is 2.54. The van der Waals surface area contributed by atoms with Gasteiger partial charge in [-0.05, 0) is 32.2 Å². The Morgan fingerprint density at radius 2 is 1.38 bits per heavy atom. The van der Waals surface area contributed by atoms with Crippen LogP contribution in [0.5, 0.6) is 0 Å². The highest BCUT2D eigenvalue weighted by atomic mass is 16.5. The van der Waals surface area contributed by atoms with E-state index in [4.69, 9.17) is 4.74 Å². The van der Waals surface area contributed by atoms with E-state index in [0.717, 1.165) is 25.2 Å². The third-order valence-corrected chi connectivity index (χ3v) is 5.07. The van der Waals surface area contributed by atoms with Crippen LogP contribution in [0, 0.1) is 5.92 Å². The van der Waals surface area contributed by atoms with E-state index in [2.05, 4.69) is 19.3 Å². The molecule has 2 heteroatoms. The normalized spacial score (nSPS) is 18.0. The quantitative estimate of drug-likeness (QED) is 0.465. The lowest BCUT2D eigenvalue weighted by atomic mass is 9.88. The fourth-order valence-electron chi connectivity index (χ4n) is 3.59. The van der Waals surface area contributed by atoms with E-state index in [1.165, 1.54) is 83.5 Å². The molecule has 0 aromatic carbocycles. The molecule has 1 rings (SSSR count). The van der Waals surface area contributed by atoms with Crippen molar-refractivity contribution in [1.82, 2.24) is 5.32 Å². The van der Waals surface area contributed by atoms with E-state index in [9.17, 15) is 0 Å². The third-order valence-electron chi connectivity index (χ3n) is 5.07. The van der Waals surface area contributed by atoms with E-state index in [1.807, 2.05) is 0 Å². The zero-order valence-corrected chi connectivity index (χ0v) is 14.7. The highest BCUT2D eigenvalue weighted by Gasteiger charge is 2.21. The number of nitrogens with one attached hydrogen (secondary N) is 1. The Labute approximate surface area is 133 Å². The van der Waals surface area contributed by atoms with Crippen LogP contribution in [0.15, 0.2) is 0 Å². The molecule has 21 heavy (non-hydrogen) atoms. The number of ether oxygens (including phenoxy) is 1. The van der Waals surface area contributed by atoms with Crippen LogP contribution < -0.4 is 5.32 Å². The van der Waals surface area contributed by atoms with Gasteiger partial charge in [-0.1, -0.05) is 71.1 Å². The smallest absolute Gasteiger partial charge is 0.0469 e. The van der Waals surface area contributed by atoms with E-state index in [0.29, 0.717) is 0 Å². The molecule has 1 N–H and O–H groups in total. The third kappa shape index (κ3) is 9.52. The molecule has 0 saturated carbocycles. The van der Waals surface area contributed by atoms with E-state index in [1.54, 1.807) is 0 Å². The second-order valence-corrected chi connectivity index (χ2v) is 6.82. The highest BCUT2D eigenvalue weighted by molar-refractivity contribution is 4.77. The van der Waals surface area contributed by atoms with Crippen molar-refractivity contribution in [2.24, 2.45) is 5.92 Å². The van der Waals surface area contributed by atoms with Gasteiger partial charge >= 0.3 is 0 Å². The SMILES string of the molecule is CCCCCCCCCCCCC(NC)C1CCOCC1. The van der Waals surface area contributed by atoms with E-state index < -0.39 is 0 Å². The van der Waals surface area contributed by atoms with Gasteiger partial charge in [0.15, 0.2) is 0 Å². The Morgan fingerprint density at radius 3 is 1.90 bits per heavy atom. The van der Waals surface area contributed by atoms with Crippen molar-refractivity contribution in [3.63, 3.8) is 0 Å². The molecule has 2 nitrogen and oxygen atoms in total. The van der Waals surface area contributed by atoms with Crippen molar-refractivity contribution in [2.75, 3.05) is 20.3 Å². The molecule has 126 valence electrons. The second kappa shape index (κ2) is 13.6. The van der Waals surface area contributed by atoms with Crippen molar-refractivity contribution in [3.05, 3.63) is 0 Å². The molecule has 1 heterocycles. The van der Waals surface area contributed by atoms with Crippen LogP contribution in [0.4, 0.5) is 0 Å². The average molecular weight is 298 g/mol. The zero-order chi connectivity index (χ0) is 15.2. The van der Waals surface area contributed by atoms with Gasteiger partial charge in [0.25, 0.3) is 0 Å². The summed E-state index contributed by atoms with van der Waals surface area (Å²) in [7, 11) is 2.14. The lowest BCUT2D eigenvalue weighted by Gasteiger charge is -2.30. The van der Waals surface area contributed by atoms with Crippen molar-refractivity contribution < 1.29 is 4.74 Å². The minimum atomic E-state index is 0.725. The van der Waals surface area contributed by atoms with Gasteiger partial charge in [-0.25, -0.2) is 0 Å². The van der Waals surface area contributed by atoms with Crippen molar-refractivity contribution >= 4 is 0 Å². The monoisotopic (exact) mass is 297 g/mol. The Morgan fingerprint density at radius 1 is 0.857 bits per heavy atom. The minimum absolute atomic E-state index is 0.725. The van der Waals surface area contributed by atoms with Crippen LogP contribution in [0.2, 0.25) is 0 Å². The molecule has 1 atom stereocenters. The van der Waals surface area contributed by atoms with Gasteiger partial charge in [0.1, 0.15) is 0 Å². The maximum absolute atomic E-state index is 5.47. The topological polar surface area (TPSA) is 21.3 Å². The lowest BCUT2D eigenvalue weighted by molar-refractivity contribution is 0.0533. The summed E-state index contributed by atoms with van der Waals surface area (Å²) < 4.78 is 5.47. The predicted molar refractivity (Wildman–Crippen MR) is 92.9 cm³/mol. The van der Waals surface area contributed by atoms with Gasteiger partial charge in [0, 0.05) is 19.3 Å². The number of rotatable bonds is 13. The molecule has 0 spiro atoms. The summed E-state index contributed by atoms with van der Waals surface area (Å²) in [5.41, 5.74) is 0. The first kappa shape index (κ1) is 19.0. The molecule has 0 radical (unpaired) electrons. The maximum Gasteiger partial charge on any atom is 0.0469 e. The summed E-state index contributed by atoms with van der Waals surface area (Å²) in [6.45, 7) is 4.24. The molecule has 0 aromatic heterocycles. The number of unbranched alkanes of at least 4 members (excludes halogenated alkanes) is 9. The first-order valence-corrected chi connectivity index (χ1v) is 9.63. The van der Waals surface area contributed by atoms with Gasteiger partial charge in [-0.2, -0.15) is 0 Å². The fourth-order valence-corrected chi connectivity index (χ4v) is 3.59. The number of hydrogen-bond acceptors (Lipinski definition) is 2. The van der Waals surface area contributed by atoms with Crippen LogP contribution in [0.3, 0.4) is 0 Å². The fraction of sp³-hybridized carbons (Fsp3) is 1.00. The first-order valence-electron chi connectivity index (χ1n) is 9.63. The molecular weight excluding hydrogens is 258 g/mol. The summed E-state index contributed by atoms with van der Waals surface area (Å²) in [6, 6.07) is 0.725. The van der Waals surface area contributed by atoms with Crippen molar-refractivity contribution in [3.8, 4) is 0 Å². The lowest BCUT2D eigenvalue weighted by Crippen LogP contribution is -2.36. The largest absolute Gasteiger partial charge is 0.381 e. The Kier molecular flexibility index (Phi) is 12.3. The van der Waals surface area contributed by atoms with Crippen LogP contribution in [0.1, 0.15) is 90.4 Å². The summed E-state index contributed by atoms with van der Waals surface area (Å²) >= 11 is 0. The molecule has 0 amide bonds. The van der Waals surface area contributed by atoms with Crippen LogP contribution >= 0.6 is 0 Å². The first-order chi connectivity index (χ1) is 10.4. The van der Waals surface area contributed by atoms with Crippen molar-refractivity contribution in [2.45, 2.75) is 96.4 Å². The minimum Gasteiger partial charge on any atom is -0.381 e. The summed E-state index contributed by atoms with van der Waals surface area (Å²) in [5, 5.41) is 3.55. The number of hydrogen-bond donors (Lipinski definition) is 1.